The number of hydrogen-bond acceptors (Lipinski definition) is 4. The van der Waals surface area contributed by atoms with Crippen molar-refractivity contribution in [3.63, 3.8) is 0 Å². The Morgan fingerprint density at radius 3 is 1.96 bits per heavy atom. The average Bonchev–Trinajstić information content (AvgIpc) is 2.70. The summed E-state index contributed by atoms with van der Waals surface area (Å²) in [6, 6.07) is 18.3. The van der Waals surface area contributed by atoms with E-state index >= 15 is 0 Å². The van der Waals surface area contributed by atoms with Gasteiger partial charge in [0.1, 0.15) is 5.75 Å². The second-order valence-electron chi connectivity index (χ2n) is 5.85. The number of amides is 1. The molecule has 0 fully saturated rings. The van der Waals surface area contributed by atoms with E-state index < -0.39 is 18.5 Å². The van der Waals surface area contributed by atoms with E-state index in [2.05, 4.69) is 5.32 Å². The molecule has 0 radical (unpaired) electrons. The van der Waals surface area contributed by atoms with Gasteiger partial charge in [0.15, 0.2) is 6.61 Å². The van der Waals surface area contributed by atoms with E-state index in [9.17, 15) is 14.7 Å². The molecule has 0 unspecified atom stereocenters. The minimum atomic E-state index is -0.627. The molecular formula is C21H15Cl2NO4. The Morgan fingerprint density at radius 1 is 0.857 bits per heavy atom. The second-order valence-corrected chi connectivity index (χ2v) is 6.66. The largest absolute Gasteiger partial charge is 0.508 e. The van der Waals surface area contributed by atoms with E-state index in [1.807, 2.05) is 0 Å². The van der Waals surface area contributed by atoms with E-state index in [-0.39, 0.29) is 21.5 Å². The molecule has 3 rings (SSSR count). The Kier molecular flexibility index (Phi) is 6.19. The first-order chi connectivity index (χ1) is 13.4. The van der Waals surface area contributed by atoms with Gasteiger partial charge in [0.05, 0.1) is 21.3 Å². The third kappa shape index (κ3) is 4.82. The zero-order valence-corrected chi connectivity index (χ0v) is 16.0. The minimum absolute atomic E-state index is 0.181. The maximum Gasteiger partial charge on any atom is 0.338 e. The zero-order chi connectivity index (χ0) is 20.1. The number of para-hydroxylation sites is 1. The SMILES string of the molecule is O=C(COC(=O)c1ccc(-c2ccc(O)cc2)cc1)Nc1c(Cl)cccc1Cl. The number of carbonyl (C=O) groups is 2. The van der Waals surface area contributed by atoms with Crippen LogP contribution in [-0.4, -0.2) is 23.6 Å². The van der Waals surface area contributed by atoms with Crippen LogP contribution in [0.2, 0.25) is 10.0 Å². The van der Waals surface area contributed by atoms with Gasteiger partial charge in [0.25, 0.3) is 5.91 Å². The first-order valence-electron chi connectivity index (χ1n) is 8.24. The van der Waals surface area contributed by atoms with E-state index in [0.29, 0.717) is 5.56 Å². The van der Waals surface area contributed by atoms with Crippen LogP contribution in [0.1, 0.15) is 10.4 Å². The Balaban J connectivity index is 1.59. The Bertz CT molecular complexity index is 982. The molecule has 7 heteroatoms. The fraction of sp³-hybridized carbons (Fsp3) is 0.0476. The second kappa shape index (κ2) is 8.78. The first-order valence-corrected chi connectivity index (χ1v) is 9.00. The average molecular weight is 416 g/mol. The number of phenols is 1. The molecule has 142 valence electrons. The quantitative estimate of drug-likeness (QED) is 0.564. The summed E-state index contributed by atoms with van der Waals surface area (Å²) in [5.41, 5.74) is 2.35. The lowest BCUT2D eigenvalue weighted by Crippen LogP contribution is -2.21. The predicted octanol–water partition coefficient (Wildman–Crippen LogP) is 5.16. The number of aromatic hydroxyl groups is 1. The van der Waals surface area contributed by atoms with Gasteiger partial charge in [-0.1, -0.05) is 53.5 Å². The van der Waals surface area contributed by atoms with Crippen molar-refractivity contribution in [1.82, 2.24) is 0 Å². The fourth-order valence-electron chi connectivity index (χ4n) is 2.46. The summed E-state index contributed by atoms with van der Waals surface area (Å²) in [5.74, 6) is -0.998. The minimum Gasteiger partial charge on any atom is -0.508 e. The van der Waals surface area contributed by atoms with Crippen molar-refractivity contribution in [2.24, 2.45) is 0 Å². The summed E-state index contributed by atoms with van der Waals surface area (Å²) in [7, 11) is 0. The van der Waals surface area contributed by atoms with Gasteiger partial charge in [0, 0.05) is 0 Å². The highest BCUT2D eigenvalue weighted by molar-refractivity contribution is 6.39. The van der Waals surface area contributed by atoms with Crippen LogP contribution < -0.4 is 5.32 Å². The lowest BCUT2D eigenvalue weighted by atomic mass is 10.0. The molecule has 2 N–H and O–H groups in total. The van der Waals surface area contributed by atoms with Gasteiger partial charge in [-0.15, -0.1) is 0 Å². The number of anilines is 1. The molecule has 3 aromatic rings. The van der Waals surface area contributed by atoms with Gasteiger partial charge in [-0.05, 0) is 47.5 Å². The number of carbonyl (C=O) groups excluding carboxylic acids is 2. The predicted molar refractivity (Wildman–Crippen MR) is 109 cm³/mol. The van der Waals surface area contributed by atoms with Crippen LogP contribution in [0, 0.1) is 0 Å². The third-order valence-electron chi connectivity index (χ3n) is 3.88. The Morgan fingerprint density at radius 2 is 1.39 bits per heavy atom. The molecule has 0 heterocycles. The zero-order valence-electron chi connectivity index (χ0n) is 14.5. The molecule has 0 spiro atoms. The molecule has 5 nitrogen and oxygen atoms in total. The number of esters is 1. The van der Waals surface area contributed by atoms with Crippen molar-refractivity contribution in [1.29, 1.82) is 0 Å². The molecule has 0 bridgehead atoms. The number of benzene rings is 3. The lowest BCUT2D eigenvalue weighted by Gasteiger charge is -2.10. The van der Waals surface area contributed by atoms with Gasteiger partial charge < -0.3 is 15.2 Å². The third-order valence-corrected chi connectivity index (χ3v) is 4.51. The number of nitrogens with one attached hydrogen (secondary N) is 1. The fourth-order valence-corrected chi connectivity index (χ4v) is 2.95. The molecular weight excluding hydrogens is 401 g/mol. The monoisotopic (exact) mass is 415 g/mol. The van der Waals surface area contributed by atoms with Crippen LogP contribution in [0.3, 0.4) is 0 Å². The molecule has 0 saturated heterocycles. The van der Waals surface area contributed by atoms with Crippen molar-refractivity contribution >= 4 is 40.8 Å². The van der Waals surface area contributed by atoms with Crippen molar-refractivity contribution in [2.75, 3.05) is 11.9 Å². The number of rotatable bonds is 5. The molecule has 0 aromatic heterocycles. The summed E-state index contributed by atoms with van der Waals surface area (Å²) in [5, 5.41) is 12.4. The van der Waals surface area contributed by atoms with Crippen LogP contribution in [0.15, 0.2) is 66.7 Å². The van der Waals surface area contributed by atoms with Crippen molar-refractivity contribution < 1.29 is 19.4 Å². The van der Waals surface area contributed by atoms with Crippen LogP contribution in [0.5, 0.6) is 5.75 Å². The number of halogens is 2. The number of hydrogen-bond donors (Lipinski definition) is 2. The normalized spacial score (nSPS) is 10.4. The molecule has 0 aliphatic rings. The van der Waals surface area contributed by atoms with Crippen molar-refractivity contribution in [2.45, 2.75) is 0 Å². The van der Waals surface area contributed by atoms with Crippen LogP contribution in [0.4, 0.5) is 5.69 Å². The van der Waals surface area contributed by atoms with Crippen molar-refractivity contribution in [3.8, 4) is 16.9 Å². The molecule has 3 aromatic carbocycles. The van der Waals surface area contributed by atoms with Gasteiger partial charge in [0.2, 0.25) is 0 Å². The van der Waals surface area contributed by atoms with Gasteiger partial charge in [-0.2, -0.15) is 0 Å². The first kappa shape index (κ1) is 19.7. The van der Waals surface area contributed by atoms with Crippen LogP contribution >= 0.6 is 23.2 Å². The van der Waals surface area contributed by atoms with Crippen LogP contribution in [0.25, 0.3) is 11.1 Å². The topological polar surface area (TPSA) is 75.6 Å². The molecule has 0 atom stereocenters. The molecule has 1 amide bonds. The highest BCUT2D eigenvalue weighted by atomic mass is 35.5. The number of ether oxygens (including phenoxy) is 1. The van der Waals surface area contributed by atoms with Gasteiger partial charge in [-0.25, -0.2) is 4.79 Å². The summed E-state index contributed by atoms with van der Waals surface area (Å²) >= 11 is 12.0. The smallest absolute Gasteiger partial charge is 0.338 e. The van der Waals surface area contributed by atoms with E-state index in [1.54, 1.807) is 66.7 Å². The maximum absolute atomic E-state index is 12.1. The van der Waals surface area contributed by atoms with E-state index in [1.165, 1.54) is 0 Å². The standard InChI is InChI=1S/C21H15Cl2NO4/c22-17-2-1-3-18(23)20(17)24-19(26)12-28-21(27)15-6-4-13(5-7-15)14-8-10-16(25)11-9-14/h1-11,25H,12H2,(H,24,26). The van der Waals surface area contributed by atoms with Crippen molar-refractivity contribution in [3.05, 3.63) is 82.3 Å². The Labute approximate surface area is 171 Å². The van der Waals surface area contributed by atoms with E-state index in [4.69, 9.17) is 27.9 Å². The molecule has 0 aliphatic carbocycles. The van der Waals surface area contributed by atoms with Gasteiger partial charge in [-0.3, -0.25) is 4.79 Å². The maximum atomic E-state index is 12.1. The Hall–Kier alpha value is -3.02. The summed E-state index contributed by atoms with van der Waals surface area (Å²) in [4.78, 5) is 24.1. The summed E-state index contributed by atoms with van der Waals surface area (Å²) < 4.78 is 5.03. The lowest BCUT2D eigenvalue weighted by molar-refractivity contribution is -0.119. The summed E-state index contributed by atoms with van der Waals surface area (Å²) in [6.45, 7) is -0.472. The molecule has 28 heavy (non-hydrogen) atoms. The highest BCUT2D eigenvalue weighted by Gasteiger charge is 2.13. The molecule has 0 aliphatic heterocycles. The van der Waals surface area contributed by atoms with Crippen LogP contribution in [-0.2, 0) is 9.53 Å². The molecule has 0 saturated carbocycles. The van der Waals surface area contributed by atoms with E-state index in [0.717, 1.165) is 11.1 Å². The summed E-state index contributed by atoms with van der Waals surface area (Å²) in [6.07, 6.45) is 0. The van der Waals surface area contributed by atoms with Gasteiger partial charge >= 0.3 is 5.97 Å². The number of phenolic OH excluding ortho intramolecular Hbond substituents is 1. The highest BCUT2D eigenvalue weighted by Crippen LogP contribution is 2.29.